The predicted octanol–water partition coefficient (Wildman–Crippen LogP) is 4.48. The smallest absolute Gasteiger partial charge is 0.392 e. The minimum absolute atomic E-state index is 0.0428. The molecule has 27 heavy (non-hydrogen) atoms. The van der Waals surface area contributed by atoms with Crippen molar-refractivity contribution in [1.82, 2.24) is 0 Å². The van der Waals surface area contributed by atoms with Crippen LogP contribution in [0.15, 0.2) is 54.6 Å². The fourth-order valence-corrected chi connectivity index (χ4v) is 2.46. The van der Waals surface area contributed by atoms with Crippen molar-refractivity contribution in [2.75, 3.05) is 11.6 Å². The summed E-state index contributed by atoms with van der Waals surface area (Å²) >= 11 is 6.10. The minimum atomic E-state index is -4.43. The van der Waals surface area contributed by atoms with Crippen LogP contribution in [0.25, 0.3) is 5.70 Å². The van der Waals surface area contributed by atoms with Crippen LogP contribution < -0.4 is 15.6 Å². The highest BCUT2D eigenvalue weighted by Crippen LogP contribution is 2.32. The molecule has 0 atom stereocenters. The zero-order valence-electron chi connectivity index (χ0n) is 13.9. The molecule has 0 aliphatic carbocycles. The van der Waals surface area contributed by atoms with Gasteiger partial charge in [-0.2, -0.15) is 13.2 Å². The maximum atomic E-state index is 12.7. The lowest BCUT2D eigenvalue weighted by atomic mass is 10.1. The van der Waals surface area contributed by atoms with Gasteiger partial charge in [-0.05, 0) is 30.3 Å². The Bertz CT molecular complexity index is 841. The zero-order chi connectivity index (χ0) is 20.0. The molecule has 0 unspecified atom stereocenters. The Balaban J connectivity index is 2.43. The summed E-state index contributed by atoms with van der Waals surface area (Å²) in [5.41, 5.74) is 0.662. The molecular formula is C18H16ClF3N2O3. The lowest BCUT2D eigenvalue weighted by Gasteiger charge is -2.24. The molecule has 0 heterocycles. The number of anilines is 1. The first-order valence-electron chi connectivity index (χ1n) is 7.68. The van der Waals surface area contributed by atoms with Crippen molar-refractivity contribution in [2.24, 2.45) is 5.84 Å². The van der Waals surface area contributed by atoms with Crippen LogP contribution in [0.3, 0.4) is 0 Å². The van der Waals surface area contributed by atoms with Gasteiger partial charge in [0.2, 0.25) is 0 Å². The van der Waals surface area contributed by atoms with Gasteiger partial charge in [-0.3, -0.25) is 5.01 Å². The fourth-order valence-electron chi connectivity index (χ4n) is 2.23. The number of benzene rings is 2. The SMILES string of the molecule is NN(/C(=C\CC(F)(F)F)c1cccc(OCC(=O)O)c1)c1ccccc1Cl. The van der Waals surface area contributed by atoms with Crippen LogP contribution in [0.2, 0.25) is 5.02 Å². The molecule has 0 aromatic heterocycles. The van der Waals surface area contributed by atoms with Crippen LogP contribution in [0.5, 0.6) is 5.75 Å². The first kappa shape index (κ1) is 20.6. The van der Waals surface area contributed by atoms with E-state index in [1.54, 1.807) is 24.3 Å². The van der Waals surface area contributed by atoms with E-state index in [1.165, 1.54) is 24.3 Å². The van der Waals surface area contributed by atoms with Gasteiger partial charge in [0, 0.05) is 5.56 Å². The molecule has 2 rings (SSSR count). The monoisotopic (exact) mass is 400 g/mol. The summed E-state index contributed by atoms with van der Waals surface area (Å²) in [5.74, 6) is 5.06. The molecule has 0 radical (unpaired) electrons. The molecule has 9 heteroatoms. The summed E-state index contributed by atoms with van der Waals surface area (Å²) in [6.07, 6.45) is -4.70. The first-order chi connectivity index (χ1) is 12.7. The van der Waals surface area contributed by atoms with Crippen LogP contribution in [0, 0.1) is 0 Å². The van der Waals surface area contributed by atoms with E-state index in [0.29, 0.717) is 11.3 Å². The highest BCUT2D eigenvalue weighted by molar-refractivity contribution is 6.33. The van der Waals surface area contributed by atoms with Gasteiger partial charge >= 0.3 is 12.1 Å². The van der Waals surface area contributed by atoms with Gasteiger partial charge in [-0.1, -0.05) is 35.9 Å². The van der Waals surface area contributed by atoms with Crippen LogP contribution in [-0.4, -0.2) is 23.9 Å². The number of hydrogen-bond donors (Lipinski definition) is 2. The van der Waals surface area contributed by atoms with Crippen LogP contribution in [0.1, 0.15) is 12.0 Å². The van der Waals surface area contributed by atoms with Gasteiger partial charge in [0.15, 0.2) is 6.61 Å². The second-order valence-corrected chi connectivity index (χ2v) is 5.85. The molecule has 2 aromatic rings. The molecule has 0 bridgehead atoms. The lowest BCUT2D eigenvalue weighted by molar-refractivity contribution is -0.139. The van der Waals surface area contributed by atoms with E-state index < -0.39 is 25.2 Å². The van der Waals surface area contributed by atoms with Gasteiger partial charge in [0.05, 0.1) is 22.8 Å². The van der Waals surface area contributed by atoms with E-state index in [4.69, 9.17) is 27.3 Å². The number of aliphatic carboxylic acids is 1. The van der Waals surface area contributed by atoms with Gasteiger partial charge in [0.1, 0.15) is 5.75 Å². The molecule has 0 fully saturated rings. The number of alkyl halides is 3. The minimum Gasteiger partial charge on any atom is -0.482 e. The fraction of sp³-hybridized carbons (Fsp3) is 0.167. The van der Waals surface area contributed by atoms with Crippen molar-refractivity contribution in [3.8, 4) is 5.75 Å². The second kappa shape index (κ2) is 8.79. The van der Waals surface area contributed by atoms with Gasteiger partial charge in [-0.15, -0.1) is 0 Å². The second-order valence-electron chi connectivity index (χ2n) is 5.44. The zero-order valence-corrected chi connectivity index (χ0v) is 14.7. The van der Waals surface area contributed by atoms with Gasteiger partial charge in [0.25, 0.3) is 0 Å². The molecule has 2 aromatic carbocycles. The number of halogens is 4. The summed E-state index contributed by atoms with van der Waals surface area (Å²) in [7, 11) is 0. The Labute approximate surface area is 158 Å². The molecule has 0 saturated carbocycles. The molecule has 0 aliphatic heterocycles. The Hall–Kier alpha value is -2.71. The van der Waals surface area contributed by atoms with Crippen molar-refractivity contribution in [3.05, 3.63) is 65.2 Å². The topological polar surface area (TPSA) is 75.8 Å². The molecule has 0 saturated heterocycles. The Morgan fingerprint density at radius 2 is 1.93 bits per heavy atom. The van der Waals surface area contributed by atoms with E-state index in [-0.39, 0.29) is 16.5 Å². The number of carboxylic acid groups (broad SMARTS) is 1. The maximum Gasteiger partial charge on any atom is 0.392 e. The largest absolute Gasteiger partial charge is 0.482 e. The third kappa shape index (κ3) is 6.19. The summed E-state index contributed by atoms with van der Waals surface area (Å²) in [4.78, 5) is 10.6. The normalized spacial score (nSPS) is 12.0. The number of ether oxygens (including phenoxy) is 1. The number of nitrogens with zero attached hydrogens (tertiary/aromatic N) is 1. The van der Waals surface area contributed by atoms with Crippen molar-refractivity contribution in [2.45, 2.75) is 12.6 Å². The van der Waals surface area contributed by atoms with Crippen LogP contribution in [-0.2, 0) is 4.79 Å². The quantitative estimate of drug-likeness (QED) is 0.529. The predicted molar refractivity (Wildman–Crippen MR) is 96.3 cm³/mol. The maximum absolute atomic E-state index is 12.7. The van der Waals surface area contributed by atoms with E-state index >= 15 is 0 Å². The van der Waals surface area contributed by atoms with E-state index in [0.717, 1.165) is 11.1 Å². The Morgan fingerprint density at radius 1 is 1.22 bits per heavy atom. The van der Waals surface area contributed by atoms with Crippen molar-refractivity contribution >= 4 is 29.0 Å². The number of carboxylic acids is 1. The van der Waals surface area contributed by atoms with E-state index in [2.05, 4.69) is 0 Å². The first-order valence-corrected chi connectivity index (χ1v) is 8.06. The number of carbonyl (C=O) groups is 1. The molecule has 3 N–H and O–H groups in total. The lowest BCUT2D eigenvalue weighted by Crippen LogP contribution is -2.29. The number of para-hydroxylation sites is 1. The Morgan fingerprint density at radius 3 is 2.56 bits per heavy atom. The number of rotatable bonds is 7. The molecule has 0 aliphatic rings. The highest BCUT2D eigenvalue weighted by atomic mass is 35.5. The summed E-state index contributed by atoms with van der Waals surface area (Å²) < 4.78 is 43.3. The summed E-state index contributed by atoms with van der Waals surface area (Å²) in [5, 5.41) is 10.00. The van der Waals surface area contributed by atoms with Crippen molar-refractivity contribution < 1.29 is 27.8 Å². The van der Waals surface area contributed by atoms with Crippen molar-refractivity contribution in [1.29, 1.82) is 0 Å². The average Bonchev–Trinajstić information content (AvgIpc) is 2.60. The van der Waals surface area contributed by atoms with Crippen LogP contribution >= 0.6 is 11.6 Å². The molecule has 0 amide bonds. The number of allylic oxidation sites excluding steroid dienone is 1. The number of hydrogen-bond acceptors (Lipinski definition) is 4. The van der Waals surface area contributed by atoms with Gasteiger partial charge in [-0.25, -0.2) is 10.6 Å². The van der Waals surface area contributed by atoms with Gasteiger partial charge < -0.3 is 9.84 Å². The summed E-state index contributed by atoms with van der Waals surface area (Å²) in [6.45, 7) is -0.581. The highest BCUT2D eigenvalue weighted by Gasteiger charge is 2.26. The third-order valence-electron chi connectivity index (χ3n) is 3.39. The Kier molecular flexibility index (Phi) is 6.70. The van der Waals surface area contributed by atoms with E-state index in [9.17, 15) is 18.0 Å². The number of hydrazine groups is 1. The van der Waals surface area contributed by atoms with Crippen LogP contribution in [0.4, 0.5) is 18.9 Å². The molecule has 0 spiro atoms. The molecule has 144 valence electrons. The average molecular weight is 401 g/mol. The molecule has 5 nitrogen and oxygen atoms in total. The standard InChI is InChI=1S/C18H16ClF3N2O3/c19-14-6-1-2-7-16(14)24(23)15(8-9-18(20,21)22)12-4-3-5-13(10-12)27-11-17(25)26/h1-8,10H,9,11,23H2,(H,25,26)/b15-8-. The van der Waals surface area contributed by atoms with Crippen molar-refractivity contribution in [3.63, 3.8) is 0 Å². The molecular weight excluding hydrogens is 385 g/mol. The number of nitrogens with two attached hydrogens (primary N) is 1. The third-order valence-corrected chi connectivity index (χ3v) is 3.71. The summed E-state index contributed by atoms with van der Waals surface area (Å²) in [6, 6.07) is 12.4. The van der Waals surface area contributed by atoms with E-state index in [1.807, 2.05) is 0 Å².